The highest BCUT2D eigenvalue weighted by Crippen LogP contribution is 2.16. The van der Waals surface area contributed by atoms with Gasteiger partial charge in [0.25, 0.3) is 0 Å². The summed E-state index contributed by atoms with van der Waals surface area (Å²) in [7, 11) is 0. The Bertz CT molecular complexity index is 616. The Morgan fingerprint density at radius 2 is 1.75 bits per heavy atom. The number of aryl methyl sites for hydroxylation is 1. The number of aliphatic carboxylic acids is 1. The molecule has 128 valence electrons. The summed E-state index contributed by atoms with van der Waals surface area (Å²) < 4.78 is 5.75. The van der Waals surface area contributed by atoms with Crippen LogP contribution in [-0.4, -0.2) is 21.3 Å². The van der Waals surface area contributed by atoms with Gasteiger partial charge in [-0.3, -0.25) is 9.78 Å². The molecule has 5 heteroatoms. The quantitative estimate of drug-likeness (QED) is 0.502. The Balaban J connectivity index is 1.66. The maximum absolute atomic E-state index is 10.7. The van der Waals surface area contributed by atoms with Gasteiger partial charge in [-0.2, -0.15) is 12.6 Å². The van der Waals surface area contributed by atoms with Gasteiger partial charge in [0.05, 0.1) is 5.25 Å². The number of thiol groups is 1. The van der Waals surface area contributed by atoms with Crippen molar-refractivity contribution in [2.24, 2.45) is 0 Å². The Kier molecular flexibility index (Phi) is 7.62. The third-order valence-corrected chi connectivity index (χ3v) is 4.29. The molecule has 24 heavy (non-hydrogen) atoms. The fourth-order valence-electron chi connectivity index (χ4n) is 2.37. The molecule has 1 N–H and O–H groups in total. The average molecular weight is 345 g/mol. The van der Waals surface area contributed by atoms with Crippen LogP contribution in [0.15, 0.2) is 48.8 Å². The Morgan fingerprint density at radius 3 is 2.42 bits per heavy atom. The molecule has 0 bridgehead atoms. The molecular formula is C19H23NO3S. The molecule has 0 aliphatic carbocycles. The summed E-state index contributed by atoms with van der Waals surface area (Å²) in [6, 6.07) is 12.0. The fraction of sp³-hybridized carbons (Fsp3) is 0.368. The lowest BCUT2D eigenvalue weighted by molar-refractivity contribution is -0.136. The Labute approximate surface area is 148 Å². The number of carbonyl (C=O) groups is 1. The molecule has 0 aliphatic heterocycles. The largest absolute Gasteiger partial charge is 0.489 e. The molecule has 0 fully saturated rings. The number of nitrogens with zero attached hydrogens (tertiary/aromatic N) is 1. The van der Waals surface area contributed by atoms with Crippen molar-refractivity contribution in [3.8, 4) is 5.75 Å². The molecule has 0 amide bonds. The third-order valence-electron chi connectivity index (χ3n) is 3.81. The highest BCUT2D eigenvalue weighted by atomic mass is 32.1. The maximum Gasteiger partial charge on any atom is 0.316 e. The SMILES string of the molecule is O=C(O)C(S)CCCCCc1ccc(OCc2ccncc2)cc1. The first-order chi connectivity index (χ1) is 11.6. The van der Waals surface area contributed by atoms with E-state index in [0.29, 0.717) is 13.0 Å². The van der Waals surface area contributed by atoms with E-state index in [1.54, 1.807) is 12.4 Å². The molecule has 1 unspecified atom stereocenters. The van der Waals surface area contributed by atoms with Crippen molar-refractivity contribution < 1.29 is 14.6 Å². The zero-order valence-electron chi connectivity index (χ0n) is 13.6. The molecule has 0 aliphatic rings. The molecule has 1 heterocycles. The Morgan fingerprint density at radius 1 is 1.04 bits per heavy atom. The predicted octanol–water partition coefficient (Wildman–Crippen LogP) is 4.15. The van der Waals surface area contributed by atoms with Crippen molar-refractivity contribution in [2.75, 3.05) is 0 Å². The van der Waals surface area contributed by atoms with E-state index in [-0.39, 0.29) is 0 Å². The van der Waals surface area contributed by atoms with E-state index in [9.17, 15) is 4.79 Å². The van der Waals surface area contributed by atoms with Gasteiger partial charge in [-0.25, -0.2) is 0 Å². The van der Waals surface area contributed by atoms with Crippen molar-refractivity contribution in [1.29, 1.82) is 0 Å². The topological polar surface area (TPSA) is 59.4 Å². The summed E-state index contributed by atoms with van der Waals surface area (Å²) in [5, 5.41) is 8.23. The molecule has 2 rings (SSSR count). The number of hydrogen-bond donors (Lipinski definition) is 2. The van der Waals surface area contributed by atoms with Gasteiger partial charge < -0.3 is 9.84 Å². The van der Waals surface area contributed by atoms with Gasteiger partial charge in [0, 0.05) is 12.4 Å². The lowest BCUT2D eigenvalue weighted by Gasteiger charge is -2.08. The van der Waals surface area contributed by atoms with E-state index in [0.717, 1.165) is 37.0 Å². The van der Waals surface area contributed by atoms with Gasteiger partial charge in [0.15, 0.2) is 0 Å². The van der Waals surface area contributed by atoms with E-state index in [2.05, 4.69) is 29.7 Å². The normalized spacial score (nSPS) is 11.9. The number of aromatic nitrogens is 1. The minimum atomic E-state index is -0.833. The van der Waals surface area contributed by atoms with Crippen molar-refractivity contribution in [3.63, 3.8) is 0 Å². The molecule has 1 aromatic carbocycles. The number of rotatable bonds is 10. The summed E-state index contributed by atoms with van der Waals surface area (Å²) in [5.41, 5.74) is 2.37. The van der Waals surface area contributed by atoms with E-state index in [1.165, 1.54) is 5.56 Å². The van der Waals surface area contributed by atoms with Gasteiger partial charge in [0.2, 0.25) is 0 Å². The highest BCUT2D eigenvalue weighted by molar-refractivity contribution is 7.81. The number of unbranched alkanes of at least 4 members (excludes halogenated alkanes) is 2. The van der Waals surface area contributed by atoms with E-state index >= 15 is 0 Å². The van der Waals surface area contributed by atoms with E-state index in [1.807, 2.05) is 24.3 Å². The summed E-state index contributed by atoms with van der Waals surface area (Å²) in [5.74, 6) is 0.0237. The monoisotopic (exact) mass is 345 g/mol. The van der Waals surface area contributed by atoms with Crippen LogP contribution in [-0.2, 0) is 17.8 Å². The molecule has 1 aromatic heterocycles. The molecule has 0 saturated heterocycles. The van der Waals surface area contributed by atoms with Gasteiger partial charge >= 0.3 is 5.97 Å². The fourth-order valence-corrected chi connectivity index (χ4v) is 2.55. The van der Waals surface area contributed by atoms with Crippen molar-refractivity contribution in [3.05, 3.63) is 59.9 Å². The molecule has 0 spiro atoms. The second-order valence-corrected chi connectivity index (χ2v) is 6.36. The van der Waals surface area contributed by atoms with E-state index < -0.39 is 11.2 Å². The summed E-state index contributed by atoms with van der Waals surface area (Å²) in [6.07, 6.45) is 8.10. The standard InChI is InChI=1S/C19H23NO3S/c21-19(22)18(24)5-3-1-2-4-15-6-8-17(9-7-15)23-14-16-10-12-20-13-11-16/h6-13,18,24H,1-5,14H2,(H,21,22). The van der Waals surface area contributed by atoms with Gasteiger partial charge in [-0.1, -0.05) is 25.0 Å². The van der Waals surface area contributed by atoms with Crippen molar-refractivity contribution in [2.45, 2.75) is 44.0 Å². The Hall–Kier alpha value is -2.01. The molecule has 0 saturated carbocycles. The molecule has 1 atom stereocenters. The van der Waals surface area contributed by atoms with Crippen molar-refractivity contribution >= 4 is 18.6 Å². The average Bonchev–Trinajstić information content (AvgIpc) is 2.61. The number of ether oxygens (including phenoxy) is 1. The predicted molar refractivity (Wildman–Crippen MR) is 97.6 cm³/mol. The third kappa shape index (κ3) is 6.62. The van der Waals surface area contributed by atoms with E-state index in [4.69, 9.17) is 9.84 Å². The summed E-state index contributed by atoms with van der Waals surface area (Å²) >= 11 is 4.04. The smallest absolute Gasteiger partial charge is 0.316 e. The molecule has 0 radical (unpaired) electrons. The summed E-state index contributed by atoms with van der Waals surface area (Å²) in [4.78, 5) is 14.7. The second kappa shape index (κ2) is 9.98. The van der Waals surface area contributed by atoms with Crippen LogP contribution in [0, 0.1) is 0 Å². The minimum Gasteiger partial charge on any atom is -0.489 e. The molecule has 4 nitrogen and oxygen atoms in total. The first-order valence-corrected chi connectivity index (χ1v) is 8.68. The first-order valence-electron chi connectivity index (χ1n) is 8.16. The van der Waals surface area contributed by atoms with Crippen LogP contribution in [0.5, 0.6) is 5.75 Å². The number of carboxylic acid groups (broad SMARTS) is 1. The number of benzene rings is 1. The van der Waals surface area contributed by atoms with Crippen LogP contribution in [0.4, 0.5) is 0 Å². The van der Waals surface area contributed by atoms with Gasteiger partial charge in [0.1, 0.15) is 12.4 Å². The van der Waals surface area contributed by atoms with Gasteiger partial charge in [-0.15, -0.1) is 0 Å². The lowest BCUT2D eigenvalue weighted by atomic mass is 10.1. The van der Waals surface area contributed by atoms with Gasteiger partial charge in [-0.05, 0) is 54.7 Å². The zero-order chi connectivity index (χ0) is 17.2. The van der Waals surface area contributed by atoms with Crippen LogP contribution in [0.25, 0.3) is 0 Å². The first kappa shape index (κ1) is 18.3. The lowest BCUT2D eigenvalue weighted by Crippen LogP contribution is -2.12. The highest BCUT2D eigenvalue weighted by Gasteiger charge is 2.10. The number of carboxylic acids is 1. The summed E-state index contributed by atoms with van der Waals surface area (Å²) in [6.45, 7) is 0.538. The second-order valence-electron chi connectivity index (χ2n) is 5.74. The number of hydrogen-bond acceptors (Lipinski definition) is 4. The number of pyridine rings is 1. The van der Waals surface area contributed by atoms with Crippen LogP contribution in [0.1, 0.15) is 36.8 Å². The zero-order valence-corrected chi connectivity index (χ0v) is 14.5. The van der Waals surface area contributed by atoms with Crippen LogP contribution < -0.4 is 4.74 Å². The van der Waals surface area contributed by atoms with Crippen LogP contribution >= 0.6 is 12.6 Å². The molecular weight excluding hydrogens is 322 g/mol. The minimum absolute atomic E-state index is 0.538. The van der Waals surface area contributed by atoms with Crippen molar-refractivity contribution in [1.82, 2.24) is 4.98 Å². The van der Waals surface area contributed by atoms with Crippen LogP contribution in [0.3, 0.4) is 0 Å². The maximum atomic E-state index is 10.7. The van der Waals surface area contributed by atoms with Crippen LogP contribution in [0.2, 0.25) is 0 Å². The molecule has 2 aromatic rings.